The van der Waals surface area contributed by atoms with Crippen molar-refractivity contribution in [2.75, 3.05) is 13.1 Å². The predicted molar refractivity (Wildman–Crippen MR) is 73.8 cm³/mol. The Balaban J connectivity index is 3.20. The van der Waals surface area contributed by atoms with E-state index >= 15 is 0 Å². The van der Waals surface area contributed by atoms with Gasteiger partial charge in [-0.3, -0.25) is 9.69 Å². The highest BCUT2D eigenvalue weighted by Crippen LogP contribution is 2.29. The SMILES string of the molecule is CCN(CC)C(CC(=O)O)c1c(C)cccc1C. The molecule has 100 valence electrons. The maximum absolute atomic E-state index is 11.1. The minimum absolute atomic E-state index is 0.0290. The standard InChI is InChI=1S/C15H23NO2/c1-5-16(6-2)13(10-14(17)18)15-11(3)8-7-9-12(15)4/h7-9,13H,5-6,10H2,1-4H3,(H,17,18). The van der Waals surface area contributed by atoms with Crippen molar-refractivity contribution in [3.63, 3.8) is 0 Å². The van der Waals surface area contributed by atoms with Crippen molar-refractivity contribution >= 4 is 5.97 Å². The van der Waals surface area contributed by atoms with E-state index in [1.807, 2.05) is 6.07 Å². The van der Waals surface area contributed by atoms with E-state index in [0.717, 1.165) is 13.1 Å². The van der Waals surface area contributed by atoms with Gasteiger partial charge in [0.15, 0.2) is 0 Å². The van der Waals surface area contributed by atoms with Gasteiger partial charge in [-0.2, -0.15) is 0 Å². The van der Waals surface area contributed by atoms with E-state index in [1.54, 1.807) is 0 Å². The first-order valence-corrected chi connectivity index (χ1v) is 6.53. The zero-order valence-electron chi connectivity index (χ0n) is 11.7. The lowest BCUT2D eigenvalue weighted by Gasteiger charge is -2.31. The van der Waals surface area contributed by atoms with Gasteiger partial charge >= 0.3 is 5.97 Å². The van der Waals surface area contributed by atoms with Crippen LogP contribution in [-0.4, -0.2) is 29.1 Å². The van der Waals surface area contributed by atoms with Crippen LogP contribution in [0.1, 0.15) is 43.0 Å². The molecule has 1 aromatic rings. The highest BCUT2D eigenvalue weighted by molar-refractivity contribution is 5.68. The molecular formula is C15H23NO2. The quantitative estimate of drug-likeness (QED) is 0.842. The Bertz CT molecular complexity index is 391. The lowest BCUT2D eigenvalue weighted by molar-refractivity contribution is -0.138. The first-order chi connectivity index (χ1) is 8.51. The Labute approximate surface area is 109 Å². The summed E-state index contributed by atoms with van der Waals surface area (Å²) in [4.78, 5) is 13.3. The molecule has 0 spiro atoms. The van der Waals surface area contributed by atoms with Crippen molar-refractivity contribution in [1.82, 2.24) is 4.90 Å². The predicted octanol–water partition coefficient (Wildman–Crippen LogP) is 3.16. The topological polar surface area (TPSA) is 40.5 Å². The zero-order chi connectivity index (χ0) is 13.7. The van der Waals surface area contributed by atoms with Gasteiger partial charge in [0, 0.05) is 6.04 Å². The Morgan fingerprint density at radius 3 is 2.11 bits per heavy atom. The molecule has 1 unspecified atom stereocenters. The van der Waals surface area contributed by atoms with Gasteiger partial charge in [-0.25, -0.2) is 0 Å². The van der Waals surface area contributed by atoms with Crippen molar-refractivity contribution in [1.29, 1.82) is 0 Å². The summed E-state index contributed by atoms with van der Waals surface area (Å²) >= 11 is 0. The molecule has 18 heavy (non-hydrogen) atoms. The maximum atomic E-state index is 11.1. The van der Waals surface area contributed by atoms with Crippen LogP contribution < -0.4 is 0 Å². The summed E-state index contributed by atoms with van der Waals surface area (Å²) in [6, 6.07) is 6.11. The molecule has 0 amide bonds. The molecule has 3 heteroatoms. The Morgan fingerprint density at radius 1 is 1.22 bits per heavy atom. The van der Waals surface area contributed by atoms with Crippen molar-refractivity contribution in [3.05, 3.63) is 34.9 Å². The lowest BCUT2D eigenvalue weighted by Crippen LogP contribution is -2.31. The Morgan fingerprint density at radius 2 is 1.72 bits per heavy atom. The third-order valence-electron chi connectivity index (χ3n) is 3.50. The Hall–Kier alpha value is -1.35. The number of aliphatic carboxylic acids is 1. The van der Waals surface area contributed by atoms with Gasteiger partial charge in [-0.1, -0.05) is 32.0 Å². The third-order valence-corrected chi connectivity index (χ3v) is 3.50. The molecule has 1 atom stereocenters. The van der Waals surface area contributed by atoms with Crippen LogP contribution in [0.5, 0.6) is 0 Å². The number of aryl methyl sites for hydroxylation is 2. The van der Waals surface area contributed by atoms with Crippen LogP contribution in [0, 0.1) is 13.8 Å². The number of nitrogens with zero attached hydrogens (tertiary/aromatic N) is 1. The van der Waals surface area contributed by atoms with Gasteiger partial charge in [0.1, 0.15) is 0 Å². The third kappa shape index (κ3) is 3.33. The minimum Gasteiger partial charge on any atom is -0.481 e. The van der Waals surface area contributed by atoms with Gasteiger partial charge in [-0.15, -0.1) is 0 Å². The first-order valence-electron chi connectivity index (χ1n) is 6.53. The van der Waals surface area contributed by atoms with Crippen LogP contribution in [0.25, 0.3) is 0 Å². The summed E-state index contributed by atoms with van der Waals surface area (Å²) < 4.78 is 0. The highest BCUT2D eigenvalue weighted by Gasteiger charge is 2.23. The molecule has 0 aliphatic carbocycles. The zero-order valence-corrected chi connectivity index (χ0v) is 11.7. The molecule has 1 aromatic carbocycles. The molecule has 0 aliphatic heterocycles. The van der Waals surface area contributed by atoms with Crippen LogP contribution in [0.3, 0.4) is 0 Å². The molecule has 0 radical (unpaired) electrons. The van der Waals surface area contributed by atoms with E-state index < -0.39 is 5.97 Å². The fourth-order valence-corrected chi connectivity index (χ4v) is 2.60. The van der Waals surface area contributed by atoms with Crippen LogP contribution in [0.4, 0.5) is 0 Å². The average molecular weight is 249 g/mol. The summed E-state index contributed by atoms with van der Waals surface area (Å²) in [6.45, 7) is 9.99. The number of carboxylic acid groups (broad SMARTS) is 1. The van der Waals surface area contributed by atoms with Crippen molar-refractivity contribution in [2.24, 2.45) is 0 Å². The highest BCUT2D eigenvalue weighted by atomic mass is 16.4. The number of carbonyl (C=O) groups is 1. The van der Waals surface area contributed by atoms with Gasteiger partial charge in [0.25, 0.3) is 0 Å². The number of hydrogen-bond acceptors (Lipinski definition) is 2. The van der Waals surface area contributed by atoms with Crippen molar-refractivity contribution < 1.29 is 9.90 Å². The number of rotatable bonds is 6. The van der Waals surface area contributed by atoms with Crippen molar-refractivity contribution in [2.45, 2.75) is 40.2 Å². The smallest absolute Gasteiger partial charge is 0.305 e. The molecule has 1 N–H and O–H groups in total. The molecule has 0 aliphatic rings. The molecule has 0 heterocycles. The normalized spacial score (nSPS) is 12.7. The molecule has 0 saturated carbocycles. The lowest BCUT2D eigenvalue weighted by atomic mass is 9.93. The van der Waals surface area contributed by atoms with Gasteiger partial charge in [-0.05, 0) is 43.6 Å². The summed E-state index contributed by atoms with van der Waals surface area (Å²) in [5.74, 6) is -0.741. The molecule has 1 rings (SSSR count). The number of benzene rings is 1. The second-order valence-corrected chi connectivity index (χ2v) is 4.64. The molecule has 3 nitrogen and oxygen atoms in total. The van der Waals surface area contributed by atoms with Gasteiger partial charge < -0.3 is 5.11 Å². The molecular weight excluding hydrogens is 226 g/mol. The largest absolute Gasteiger partial charge is 0.481 e. The van der Waals surface area contributed by atoms with E-state index in [0.29, 0.717) is 0 Å². The van der Waals surface area contributed by atoms with E-state index in [1.165, 1.54) is 16.7 Å². The van der Waals surface area contributed by atoms with Crippen LogP contribution in [0.2, 0.25) is 0 Å². The first kappa shape index (κ1) is 14.7. The number of carboxylic acids is 1. The van der Waals surface area contributed by atoms with Crippen LogP contribution in [-0.2, 0) is 4.79 Å². The monoisotopic (exact) mass is 249 g/mol. The van der Waals surface area contributed by atoms with E-state index in [4.69, 9.17) is 5.11 Å². The van der Waals surface area contributed by atoms with Crippen LogP contribution >= 0.6 is 0 Å². The summed E-state index contributed by atoms with van der Waals surface area (Å²) in [7, 11) is 0. The van der Waals surface area contributed by atoms with Crippen molar-refractivity contribution in [3.8, 4) is 0 Å². The molecule has 0 fully saturated rings. The average Bonchev–Trinajstić information content (AvgIpc) is 2.29. The summed E-state index contributed by atoms with van der Waals surface area (Å²) in [6.07, 6.45) is 0.160. The van der Waals surface area contributed by atoms with Gasteiger partial charge in [0.2, 0.25) is 0 Å². The van der Waals surface area contributed by atoms with E-state index in [-0.39, 0.29) is 12.5 Å². The van der Waals surface area contributed by atoms with Crippen LogP contribution in [0.15, 0.2) is 18.2 Å². The Kier molecular flexibility index (Phi) is 5.35. The molecule has 0 bridgehead atoms. The fraction of sp³-hybridized carbons (Fsp3) is 0.533. The second kappa shape index (κ2) is 6.55. The molecule has 0 aromatic heterocycles. The summed E-state index contributed by atoms with van der Waals surface area (Å²) in [5.41, 5.74) is 3.52. The van der Waals surface area contributed by atoms with E-state index in [2.05, 4.69) is 44.7 Å². The number of hydrogen-bond donors (Lipinski definition) is 1. The summed E-state index contributed by atoms with van der Waals surface area (Å²) in [5, 5.41) is 9.14. The van der Waals surface area contributed by atoms with E-state index in [9.17, 15) is 4.79 Å². The second-order valence-electron chi connectivity index (χ2n) is 4.64. The minimum atomic E-state index is -0.741. The fourth-order valence-electron chi connectivity index (χ4n) is 2.60. The van der Waals surface area contributed by atoms with Gasteiger partial charge in [0.05, 0.1) is 6.42 Å². The molecule has 0 saturated heterocycles. The maximum Gasteiger partial charge on any atom is 0.305 e.